The lowest BCUT2D eigenvalue weighted by molar-refractivity contribution is -0.128. The van der Waals surface area contributed by atoms with Crippen LogP contribution in [0.2, 0.25) is 0 Å². The Labute approximate surface area is 117 Å². The number of hydrogen-bond donors (Lipinski definition) is 1. The van der Waals surface area contributed by atoms with Gasteiger partial charge < -0.3 is 15.0 Å². The molecule has 0 radical (unpaired) electrons. The van der Waals surface area contributed by atoms with Gasteiger partial charge in [0.05, 0.1) is 6.04 Å². The lowest BCUT2D eigenvalue weighted by atomic mass is 10.2. The number of carbonyl (C=O) groups excluding carboxylic acids is 2. The largest absolute Gasteiger partial charge is 0.445 e. The van der Waals surface area contributed by atoms with Crippen molar-refractivity contribution in [2.75, 3.05) is 6.54 Å². The minimum absolute atomic E-state index is 0.119. The van der Waals surface area contributed by atoms with Crippen LogP contribution in [0, 0.1) is 0 Å². The van der Waals surface area contributed by atoms with Crippen molar-refractivity contribution >= 4 is 12.0 Å². The summed E-state index contributed by atoms with van der Waals surface area (Å²) >= 11 is 0. The van der Waals surface area contributed by atoms with Gasteiger partial charge in [0.15, 0.2) is 0 Å². The van der Waals surface area contributed by atoms with Gasteiger partial charge in [0.1, 0.15) is 6.61 Å². The molecule has 3 rings (SSSR count). The molecule has 1 aromatic carbocycles. The normalized spacial score (nSPS) is 21.9. The SMILES string of the molecule is O=C(N[C@H]1CC(=O)N(C2CC2)C1)OCc1ccccc1. The van der Waals surface area contributed by atoms with Crippen molar-refractivity contribution in [3.05, 3.63) is 35.9 Å². The van der Waals surface area contributed by atoms with Crippen LogP contribution < -0.4 is 5.32 Å². The Morgan fingerprint density at radius 2 is 2.05 bits per heavy atom. The average Bonchev–Trinajstić information content (AvgIpc) is 3.22. The number of hydrogen-bond acceptors (Lipinski definition) is 3. The number of amides is 2. The summed E-state index contributed by atoms with van der Waals surface area (Å²) in [4.78, 5) is 25.3. The quantitative estimate of drug-likeness (QED) is 0.908. The van der Waals surface area contributed by atoms with Crippen molar-refractivity contribution < 1.29 is 14.3 Å². The maximum Gasteiger partial charge on any atom is 0.407 e. The summed E-state index contributed by atoms with van der Waals surface area (Å²) in [6.07, 6.45) is 2.12. The van der Waals surface area contributed by atoms with Crippen molar-refractivity contribution in [2.45, 2.75) is 38.0 Å². The standard InChI is InChI=1S/C15H18N2O3/c18-14-8-12(9-17(14)13-6-7-13)16-15(19)20-10-11-4-2-1-3-5-11/h1-5,12-13H,6-10H2,(H,16,19)/t12-/m0/s1. The van der Waals surface area contributed by atoms with Crippen molar-refractivity contribution in [3.63, 3.8) is 0 Å². The maximum absolute atomic E-state index is 11.8. The van der Waals surface area contributed by atoms with E-state index in [0.29, 0.717) is 19.0 Å². The number of rotatable bonds is 4. The summed E-state index contributed by atoms with van der Waals surface area (Å²) in [6, 6.07) is 9.82. The minimum atomic E-state index is -0.454. The van der Waals surface area contributed by atoms with Gasteiger partial charge in [-0.2, -0.15) is 0 Å². The second kappa shape index (κ2) is 5.53. The Kier molecular flexibility index (Phi) is 3.58. The summed E-state index contributed by atoms with van der Waals surface area (Å²) in [5.74, 6) is 0.140. The molecule has 0 unspecified atom stereocenters. The third-order valence-electron chi connectivity index (χ3n) is 3.68. The summed E-state index contributed by atoms with van der Waals surface area (Å²) in [5, 5.41) is 2.77. The highest BCUT2D eigenvalue weighted by molar-refractivity contribution is 5.81. The van der Waals surface area contributed by atoms with Crippen molar-refractivity contribution in [1.82, 2.24) is 10.2 Å². The lowest BCUT2D eigenvalue weighted by Gasteiger charge is -2.16. The number of alkyl carbamates (subject to hydrolysis) is 1. The van der Waals surface area contributed by atoms with Gasteiger partial charge in [-0.25, -0.2) is 4.79 Å². The highest BCUT2D eigenvalue weighted by Gasteiger charge is 2.39. The molecule has 0 bridgehead atoms. The van der Waals surface area contributed by atoms with Crippen molar-refractivity contribution in [3.8, 4) is 0 Å². The van der Waals surface area contributed by atoms with E-state index in [4.69, 9.17) is 4.74 Å². The fraction of sp³-hybridized carbons (Fsp3) is 0.467. The zero-order chi connectivity index (χ0) is 13.9. The molecule has 0 spiro atoms. The van der Waals surface area contributed by atoms with E-state index >= 15 is 0 Å². The molecule has 2 aliphatic rings. The van der Waals surface area contributed by atoms with E-state index in [2.05, 4.69) is 5.32 Å². The highest BCUT2D eigenvalue weighted by Crippen LogP contribution is 2.30. The van der Waals surface area contributed by atoms with Crippen LogP contribution in [0.15, 0.2) is 30.3 Å². The molecule has 1 N–H and O–H groups in total. The van der Waals surface area contributed by atoms with Crippen LogP contribution in [0.5, 0.6) is 0 Å². The van der Waals surface area contributed by atoms with E-state index in [1.807, 2.05) is 35.2 Å². The first-order valence-electron chi connectivity index (χ1n) is 6.99. The topological polar surface area (TPSA) is 58.6 Å². The fourth-order valence-corrected chi connectivity index (χ4v) is 2.50. The second-order valence-corrected chi connectivity index (χ2v) is 5.38. The molecule has 1 heterocycles. The van der Waals surface area contributed by atoms with Gasteiger partial charge in [-0.1, -0.05) is 30.3 Å². The first-order chi connectivity index (χ1) is 9.72. The number of benzene rings is 1. The van der Waals surface area contributed by atoms with E-state index in [0.717, 1.165) is 18.4 Å². The molecule has 1 aliphatic carbocycles. The van der Waals surface area contributed by atoms with E-state index in [1.54, 1.807) is 0 Å². The van der Waals surface area contributed by atoms with Gasteiger partial charge in [-0.3, -0.25) is 4.79 Å². The molecular weight excluding hydrogens is 256 g/mol. The maximum atomic E-state index is 11.8. The molecule has 1 atom stereocenters. The van der Waals surface area contributed by atoms with E-state index in [-0.39, 0.29) is 18.6 Å². The number of likely N-dealkylation sites (tertiary alicyclic amines) is 1. The van der Waals surface area contributed by atoms with Crippen molar-refractivity contribution in [2.24, 2.45) is 0 Å². The van der Waals surface area contributed by atoms with E-state index in [9.17, 15) is 9.59 Å². The number of ether oxygens (including phenoxy) is 1. The first-order valence-corrected chi connectivity index (χ1v) is 6.99. The Hall–Kier alpha value is -2.04. The monoisotopic (exact) mass is 274 g/mol. The Balaban J connectivity index is 1.44. The van der Waals surface area contributed by atoms with Crippen LogP contribution in [-0.2, 0) is 16.1 Å². The predicted octanol–water partition coefficient (Wildman–Crippen LogP) is 1.68. The molecule has 5 heteroatoms. The zero-order valence-corrected chi connectivity index (χ0v) is 11.2. The minimum Gasteiger partial charge on any atom is -0.445 e. The molecule has 2 amide bonds. The highest BCUT2D eigenvalue weighted by atomic mass is 16.5. The second-order valence-electron chi connectivity index (χ2n) is 5.38. The van der Waals surface area contributed by atoms with Gasteiger partial charge in [0.25, 0.3) is 0 Å². The van der Waals surface area contributed by atoms with E-state index < -0.39 is 6.09 Å². The first kappa shape index (κ1) is 13.0. The Morgan fingerprint density at radius 1 is 1.30 bits per heavy atom. The number of carbonyl (C=O) groups is 2. The van der Waals surface area contributed by atoms with Crippen LogP contribution in [0.1, 0.15) is 24.8 Å². The van der Waals surface area contributed by atoms with Crippen LogP contribution >= 0.6 is 0 Å². The molecule has 0 aromatic heterocycles. The molecule has 1 saturated heterocycles. The van der Waals surface area contributed by atoms with Gasteiger partial charge in [-0.05, 0) is 18.4 Å². The molecule has 1 aromatic rings. The molecular formula is C15H18N2O3. The van der Waals surface area contributed by atoms with Crippen LogP contribution in [-0.4, -0.2) is 35.5 Å². The molecule has 1 saturated carbocycles. The van der Waals surface area contributed by atoms with Gasteiger partial charge in [0, 0.05) is 19.0 Å². The average molecular weight is 274 g/mol. The number of nitrogens with zero attached hydrogens (tertiary/aromatic N) is 1. The number of nitrogens with one attached hydrogen (secondary N) is 1. The summed E-state index contributed by atoms with van der Waals surface area (Å²) in [6.45, 7) is 0.865. The van der Waals surface area contributed by atoms with Gasteiger partial charge in [0.2, 0.25) is 5.91 Å². The zero-order valence-electron chi connectivity index (χ0n) is 11.2. The van der Waals surface area contributed by atoms with Gasteiger partial charge in [-0.15, -0.1) is 0 Å². The summed E-state index contributed by atoms with van der Waals surface area (Å²) in [5.41, 5.74) is 0.949. The van der Waals surface area contributed by atoms with E-state index in [1.165, 1.54) is 0 Å². The lowest BCUT2D eigenvalue weighted by Crippen LogP contribution is -2.37. The molecule has 2 fully saturated rings. The van der Waals surface area contributed by atoms with Crippen molar-refractivity contribution in [1.29, 1.82) is 0 Å². The summed E-state index contributed by atoms with van der Waals surface area (Å²) < 4.78 is 5.16. The fourth-order valence-electron chi connectivity index (χ4n) is 2.50. The molecule has 20 heavy (non-hydrogen) atoms. The molecule has 106 valence electrons. The third-order valence-corrected chi connectivity index (χ3v) is 3.68. The van der Waals surface area contributed by atoms with Crippen LogP contribution in [0.4, 0.5) is 4.79 Å². The molecule has 5 nitrogen and oxygen atoms in total. The summed E-state index contributed by atoms with van der Waals surface area (Å²) in [7, 11) is 0. The van der Waals surface area contributed by atoms with Gasteiger partial charge >= 0.3 is 6.09 Å². The Morgan fingerprint density at radius 3 is 2.75 bits per heavy atom. The third kappa shape index (κ3) is 3.10. The van der Waals surface area contributed by atoms with Crippen LogP contribution in [0.25, 0.3) is 0 Å². The molecule has 1 aliphatic heterocycles. The predicted molar refractivity (Wildman–Crippen MR) is 72.9 cm³/mol. The van der Waals surface area contributed by atoms with Crippen LogP contribution in [0.3, 0.4) is 0 Å². The smallest absolute Gasteiger partial charge is 0.407 e. The Bertz CT molecular complexity index is 499.